The number of rotatable bonds is 6. The molecule has 14 rings (SSSR count). The Bertz CT molecular complexity index is 3370. The normalized spacial score (nSPS) is 14.7. The van der Waals surface area contributed by atoms with Crippen molar-refractivity contribution >= 4 is 40.4 Å². The third-order valence-corrected chi connectivity index (χ3v) is 15.1. The summed E-state index contributed by atoms with van der Waals surface area (Å²) in [5, 5.41) is 0. The smallest absolute Gasteiger partial charge is 0.0725 e. The van der Waals surface area contributed by atoms with Gasteiger partial charge in [-0.3, -0.25) is 0 Å². The van der Waals surface area contributed by atoms with Crippen molar-refractivity contribution in [3.8, 4) is 33.4 Å². The Kier molecular flexibility index (Phi) is 8.18. The molecule has 0 fully saturated rings. The topological polar surface area (TPSA) is 3.24 Å². The van der Waals surface area contributed by atoms with E-state index in [4.69, 9.17) is 0 Å². The zero-order valence-corrected chi connectivity index (χ0v) is 36.8. The van der Waals surface area contributed by atoms with Crippen molar-refractivity contribution in [2.24, 2.45) is 0 Å². The van der Waals surface area contributed by atoms with Gasteiger partial charge in [0.1, 0.15) is 0 Å². The van der Waals surface area contributed by atoms with Crippen LogP contribution in [0.15, 0.2) is 249 Å². The highest BCUT2D eigenvalue weighted by Crippen LogP contribution is 2.64. The minimum atomic E-state index is -0.402. The molecule has 0 radical (unpaired) electrons. The fraction of sp³-hybridized carbons (Fsp3) is 0.0303. The second-order valence-electron chi connectivity index (χ2n) is 18.3. The Morgan fingerprint density at radius 2 is 0.507 bits per heavy atom. The maximum Gasteiger partial charge on any atom is 0.0725 e. The van der Waals surface area contributed by atoms with Crippen LogP contribution in [0.4, 0.5) is 17.1 Å². The highest BCUT2D eigenvalue weighted by atomic mass is 15.1. The number of allylic oxidation sites excluding steroid dienone is 2. The van der Waals surface area contributed by atoms with Crippen molar-refractivity contribution in [2.45, 2.75) is 10.8 Å². The molecule has 0 amide bonds. The second-order valence-corrected chi connectivity index (χ2v) is 18.3. The molecule has 0 unspecified atom stereocenters. The monoisotopic (exact) mass is 849 g/mol. The first-order valence-electron chi connectivity index (χ1n) is 23.4. The lowest BCUT2D eigenvalue weighted by Gasteiger charge is -2.33. The van der Waals surface area contributed by atoms with Crippen LogP contribution < -0.4 is 4.90 Å². The summed E-state index contributed by atoms with van der Waals surface area (Å²) < 4.78 is 0. The van der Waals surface area contributed by atoms with Crippen LogP contribution in [0.5, 0.6) is 0 Å². The Morgan fingerprint density at radius 3 is 0.881 bits per heavy atom. The Morgan fingerprint density at radius 1 is 0.224 bits per heavy atom. The van der Waals surface area contributed by atoms with E-state index >= 15 is 0 Å². The second kappa shape index (κ2) is 14.5. The molecule has 67 heavy (non-hydrogen) atoms. The molecule has 10 aromatic rings. The van der Waals surface area contributed by atoms with E-state index in [1.54, 1.807) is 0 Å². The van der Waals surface area contributed by atoms with Gasteiger partial charge >= 0.3 is 0 Å². The SMILES string of the molecule is C1=C(c2ccc(N(c3ccc(C4=Cc5ccccc5C45c4ccccc4-c4ccccc45)cc3)c3ccc(-c4ccccc4)cc3)cc2)C2(c3ccccc31)c1ccccc1-c1ccccc12. The number of anilines is 3. The van der Waals surface area contributed by atoms with Crippen LogP contribution >= 0.6 is 0 Å². The van der Waals surface area contributed by atoms with Gasteiger partial charge in [0, 0.05) is 17.1 Å². The van der Waals surface area contributed by atoms with Crippen LogP contribution in [0.3, 0.4) is 0 Å². The van der Waals surface area contributed by atoms with Crippen LogP contribution in [-0.2, 0) is 10.8 Å². The van der Waals surface area contributed by atoms with Gasteiger partial charge in [-0.2, -0.15) is 0 Å². The number of benzene rings is 10. The van der Waals surface area contributed by atoms with Gasteiger partial charge in [0.2, 0.25) is 0 Å². The summed E-state index contributed by atoms with van der Waals surface area (Å²) in [6, 6.07) is 92.3. The summed E-state index contributed by atoms with van der Waals surface area (Å²) >= 11 is 0. The van der Waals surface area contributed by atoms with E-state index in [0.717, 1.165) is 17.1 Å². The van der Waals surface area contributed by atoms with E-state index in [9.17, 15) is 0 Å². The molecule has 10 aromatic carbocycles. The lowest BCUT2D eigenvalue weighted by atomic mass is 9.68. The lowest BCUT2D eigenvalue weighted by molar-refractivity contribution is 0.842. The van der Waals surface area contributed by atoms with Crippen molar-refractivity contribution < 1.29 is 0 Å². The summed E-state index contributed by atoms with van der Waals surface area (Å²) in [6.07, 6.45) is 4.87. The van der Waals surface area contributed by atoms with Crippen LogP contribution in [-0.4, -0.2) is 0 Å². The first-order valence-corrected chi connectivity index (χ1v) is 23.4. The first kappa shape index (κ1) is 37.8. The van der Waals surface area contributed by atoms with E-state index < -0.39 is 10.8 Å². The summed E-state index contributed by atoms with van der Waals surface area (Å²) in [7, 11) is 0. The standard InChI is InChI=1S/C66H43N/c1-2-16-44(17-3-1)45-30-36-50(37-31-45)67(51-38-32-46(33-39-51)63-42-48-18-4-10-24-57(48)65(63)59-26-12-6-20-53(59)54-21-7-13-27-60(54)65)52-40-34-47(35-41-52)64-43-49-19-5-11-25-58(49)66(64)61-28-14-8-22-55(61)56-23-9-15-29-62(56)66/h1-43H. The van der Waals surface area contributed by atoms with E-state index in [1.807, 2.05) is 0 Å². The van der Waals surface area contributed by atoms with Gasteiger partial charge in [0.05, 0.1) is 10.8 Å². The minimum Gasteiger partial charge on any atom is -0.311 e. The van der Waals surface area contributed by atoms with E-state index in [1.165, 1.54) is 100 Å². The molecule has 2 spiro atoms. The highest BCUT2D eigenvalue weighted by Gasteiger charge is 2.52. The molecule has 0 N–H and O–H groups in total. The average molecular weight is 850 g/mol. The fourth-order valence-electron chi connectivity index (χ4n) is 12.4. The van der Waals surface area contributed by atoms with Gasteiger partial charge in [-0.05, 0) is 149 Å². The predicted octanol–water partition coefficient (Wildman–Crippen LogP) is 16.6. The van der Waals surface area contributed by atoms with Crippen LogP contribution in [0.25, 0.3) is 56.7 Å². The van der Waals surface area contributed by atoms with Gasteiger partial charge < -0.3 is 4.90 Å². The molecule has 4 aliphatic rings. The van der Waals surface area contributed by atoms with E-state index in [2.05, 4.69) is 266 Å². The minimum absolute atomic E-state index is 0.402. The number of hydrogen-bond donors (Lipinski definition) is 0. The van der Waals surface area contributed by atoms with Gasteiger partial charge in [-0.15, -0.1) is 0 Å². The summed E-state index contributed by atoms with van der Waals surface area (Å²) in [5.74, 6) is 0. The zero-order chi connectivity index (χ0) is 44.1. The number of hydrogen-bond acceptors (Lipinski definition) is 1. The van der Waals surface area contributed by atoms with Crippen molar-refractivity contribution in [2.75, 3.05) is 4.90 Å². The fourth-order valence-corrected chi connectivity index (χ4v) is 12.4. The van der Waals surface area contributed by atoms with Gasteiger partial charge in [-0.1, -0.05) is 212 Å². The van der Waals surface area contributed by atoms with Crippen LogP contribution in [0, 0.1) is 0 Å². The van der Waals surface area contributed by atoms with Crippen molar-refractivity contribution in [3.63, 3.8) is 0 Å². The highest BCUT2D eigenvalue weighted by molar-refractivity contribution is 6.07. The third-order valence-electron chi connectivity index (χ3n) is 15.1. The molecule has 1 nitrogen and oxygen atoms in total. The molecule has 0 aliphatic heterocycles. The zero-order valence-electron chi connectivity index (χ0n) is 36.8. The molecule has 0 heterocycles. The molecular formula is C66H43N. The number of nitrogens with zero attached hydrogens (tertiary/aromatic N) is 1. The summed E-state index contributed by atoms with van der Waals surface area (Å²) in [4.78, 5) is 2.41. The average Bonchev–Trinajstić information content (AvgIpc) is 4.12. The first-order chi connectivity index (χ1) is 33.2. The van der Waals surface area contributed by atoms with E-state index in [-0.39, 0.29) is 0 Å². The molecule has 0 saturated carbocycles. The van der Waals surface area contributed by atoms with Gasteiger partial charge in [0.15, 0.2) is 0 Å². The van der Waals surface area contributed by atoms with Crippen molar-refractivity contribution in [3.05, 3.63) is 304 Å². The Labute approximate surface area is 391 Å². The Hall–Kier alpha value is -8.52. The molecule has 1 heteroatoms. The maximum absolute atomic E-state index is 2.44. The van der Waals surface area contributed by atoms with Crippen molar-refractivity contribution in [1.82, 2.24) is 0 Å². The molecular weight excluding hydrogens is 807 g/mol. The third kappa shape index (κ3) is 5.26. The largest absolute Gasteiger partial charge is 0.311 e. The molecule has 312 valence electrons. The maximum atomic E-state index is 2.44. The quantitative estimate of drug-likeness (QED) is 0.161. The summed E-state index contributed by atoms with van der Waals surface area (Å²) in [6.45, 7) is 0. The Balaban J connectivity index is 0.897. The molecule has 4 aliphatic carbocycles. The molecule has 0 aromatic heterocycles. The summed E-state index contributed by atoms with van der Waals surface area (Å²) in [5.41, 5.74) is 25.9. The number of fused-ring (bicyclic) bond motifs is 14. The van der Waals surface area contributed by atoms with Gasteiger partial charge in [0.25, 0.3) is 0 Å². The molecule has 0 bridgehead atoms. The van der Waals surface area contributed by atoms with Gasteiger partial charge in [-0.25, -0.2) is 0 Å². The predicted molar refractivity (Wildman–Crippen MR) is 279 cm³/mol. The van der Waals surface area contributed by atoms with Crippen molar-refractivity contribution in [1.29, 1.82) is 0 Å². The lowest BCUT2D eigenvalue weighted by Crippen LogP contribution is -2.26. The van der Waals surface area contributed by atoms with E-state index in [0.29, 0.717) is 0 Å². The molecule has 0 saturated heterocycles. The van der Waals surface area contributed by atoms with Crippen LogP contribution in [0.1, 0.15) is 55.6 Å². The van der Waals surface area contributed by atoms with Crippen LogP contribution in [0.2, 0.25) is 0 Å². The molecule has 0 atom stereocenters.